The number of aromatic nitrogens is 1. The minimum absolute atomic E-state index is 0.0568. The standard InChI is InChI=1S/C26H33FN4O2/c27-11-12-31-15-20-9-10-26(20,16-31)19-3-1-17(2-4-19)18-13-23(24(28)29-14-18)25(33)30-21-5-7-22(32)8-6-21/h1-4,13-14,20-22,32H,5-12,15-16H2,(H2,28,29)(H,30,33)/t20-,21?,22?,26+/m1/s1. The lowest BCUT2D eigenvalue weighted by Crippen LogP contribution is -2.43. The lowest BCUT2D eigenvalue weighted by atomic mass is 9.58. The van der Waals surface area contributed by atoms with E-state index in [1.54, 1.807) is 6.20 Å². The molecule has 6 nitrogen and oxygen atoms in total. The average molecular weight is 453 g/mol. The summed E-state index contributed by atoms with van der Waals surface area (Å²) < 4.78 is 12.9. The van der Waals surface area contributed by atoms with Gasteiger partial charge in [-0.2, -0.15) is 0 Å². The number of carbonyl (C=O) groups is 1. The van der Waals surface area contributed by atoms with Gasteiger partial charge in [0.25, 0.3) is 5.91 Å². The van der Waals surface area contributed by atoms with E-state index in [1.807, 2.05) is 6.07 Å². The maximum atomic E-state index is 12.9. The van der Waals surface area contributed by atoms with Gasteiger partial charge in [0.2, 0.25) is 0 Å². The van der Waals surface area contributed by atoms with Crippen LogP contribution < -0.4 is 11.1 Å². The Hall–Kier alpha value is -2.51. The number of halogens is 1. The van der Waals surface area contributed by atoms with Gasteiger partial charge in [-0.3, -0.25) is 9.69 Å². The highest BCUT2D eigenvalue weighted by atomic mass is 19.1. The Morgan fingerprint density at radius 2 is 1.94 bits per heavy atom. The van der Waals surface area contributed by atoms with Crippen molar-refractivity contribution in [2.24, 2.45) is 5.92 Å². The molecule has 2 saturated carbocycles. The zero-order valence-electron chi connectivity index (χ0n) is 19.0. The molecule has 33 heavy (non-hydrogen) atoms. The van der Waals surface area contributed by atoms with E-state index in [0.717, 1.165) is 43.5 Å². The third-order valence-corrected chi connectivity index (χ3v) is 8.09. The van der Waals surface area contributed by atoms with Gasteiger partial charge >= 0.3 is 0 Å². The van der Waals surface area contributed by atoms with E-state index in [0.29, 0.717) is 30.9 Å². The van der Waals surface area contributed by atoms with Crippen molar-refractivity contribution in [1.82, 2.24) is 15.2 Å². The first-order chi connectivity index (χ1) is 16.0. The first kappa shape index (κ1) is 22.3. The van der Waals surface area contributed by atoms with E-state index < -0.39 is 0 Å². The summed E-state index contributed by atoms with van der Waals surface area (Å²) in [6.45, 7) is 2.17. The predicted octanol–water partition coefficient (Wildman–Crippen LogP) is 3.30. The van der Waals surface area contributed by atoms with Gasteiger partial charge in [0.05, 0.1) is 11.7 Å². The summed E-state index contributed by atoms with van der Waals surface area (Å²) in [4.78, 5) is 19.4. The summed E-state index contributed by atoms with van der Waals surface area (Å²) in [5.74, 6) is 0.623. The number of anilines is 1. The summed E-state index contributed by atoms with van der Waals surface area (Å²) in [6.07, 6.45) is 6.77. The quantitative estimate of drug-likeness (QED) is 0.626. The molecule has 1 amide bonds. The fourth-order valence-electron chi connectivity index (χ4n) is 6.00. The molecule has 3 fully saturated rings. The van der Waals surface area contributed by atoms with Gasteiger partial charge in [-0.05, 0) is 61.6 Å². The topological polar surface area (TPSA) is 91.5 Å². The summed E-state index contributed by atoms with van der Waals surface area (Å²) in [6, 6.07) is 10.4. The maximum absolute atomic E-state index is 12.9. The van der Waals surface area contributed by atoms with Crippen LogP contribution in [0, 0.1) is 5.92 Å². The maximum Gasteiger partial charge on any atom is 0.255 e. The fraction of sp³-hybridized carbons (Fsp3) is 0.538. The Labute approximate surface area is 194 Å². The second-order valence-electron chi connectivity index (χ2n) is 10.0. The Balaban J connectivity index is 1.31. The largest absolute Gasteiger partial charge is 0.393 e. The van der Waals surface area contributed by atoms with Gasteiger partial charge in [0, 0.05) is 42.9 Å². The van der Waals surface area contributed by atoms with E-state index in [-0.39, 0.29) is 36.0 Å². The molecular weight excluding hydrogens is 419 g/mol. The molecule has 2 heterocycles. The number of nitrogens with two attached hydrogens (primary N) is 1. The van der Waals surface area contributed by atoms with Crippen molar-refractivity contribution in [2.45, 2.75) is 56.1 Å². The fourth-order valence-corrected chi connectivity index (χ4v) is 6.00. The molecule has 1 aliphatic heterocycles. The van der Waals surface area contributed by atoms with Crippen LogP contribution >= 0.6 is 0 Å². The highest BCUT2D eigenvalue weighted by molar-refractivity contribution is 5.99. The third kappa shape index (κ3) is 4.24. The van der Waals surface area contributed by atoms with Crippen LogP contribution in [0.5, 0.6) is 0 Å². The number of benzene rings is 1. The minimum Gasteiger partial charge on any atom is -0.393 e. The number of hydrogen-bond donors (Lipinski definition) is 3. The zero-order chi connectivity index (χ0) is 23.0. The molecule has 1 saturated heterocycles. The van der Waals surface area contributed by atoms with Crippen LogP contribution in [-0.4, -0.2) is 59.4 Å². The molecule has 7 heteroatoms. The number of aliphatic hydroxyl groups is 1. The molecule has 1 aromatic heterocycles. The Morgan fingerprint density at radius 1 is 1.18 bits per heavy atom. The van der Waals surface area contributed by atoms with Crippen molar-refractivity contribution >= 4 is 11.7 Å². The first-order valence-corrected chi connectivity index (χ1v) is 12.1. The Kier molecular flexibility index (Phi) is 6.10. The van der Waals surface area contributed by atoms with Crippen molar-refractivity contribution in [3.8, 4) is 11.1 Å². The van der Waals surface area contributed by atoms with Crippen LogP contribution in [0.25, 0.3) is 11.1 Å². The Bertz CT molecular complexity index is 1010. The third-order valence-electron chi connectivity index (χ3n) is 8.09. The van der Waals surface area contributed by atoms with Crippen molar-refractivity contribution in [3.05, 3.63) is 47.7 Å². The van der Waals surface area contributed by atoms with Gasteiger partial charge in [-0.15, -0.1) is 0 Å². The number of aliphatic hydroxyl groups excluding tert-OH is 1. The van der Waals surface area contributed by atoms with E-state index in [1.165, 1.54) is 12.0 Å². The molecule has 2 aliphatic carbocycles. The summed E-state index contributed by atoms with van der Waals surface area (Å²) in [5, 5.41) is 12.7. The van der Waals surface area contributed by atoms with Gasteiger partial charge in [-0.1, -0.05) is 24.3 Å². The lowest BCUT2D eigenvalue weighted by Gasteiger charge is -2.45. The number of nitrogen functional groups attached to an aromatic ring is 1. The second-order valence-corrected chi connectivity index (χ2v) is 10.0. The highest BCUT2D eigenvalue weighted by Gasteiger charge is 2.53. The number of nitrogens with one attached hydrogen (secondary N) is 1. The Morgan fingerprint density at radius 3 is 2.61 bits per heavy atom. The molecule has 0 radical (unpaired) electrons. The molecule has 3 aliphatic rings. The molecule has 5 rings (SSSR count). The minimum atomic E-state index is -0.287. The van der Waals surface area contributed by atoms with Crippen LogP contribution in [-0.2, 0) is 5.41 Å². The smallest absolute Gasteiger partial charge is 0.255 e. The number of amides is 1. The molecule has 0 bridgehead atoms. The van der Waals surface area contributed by atoms with E-state index >= 15 is 0 Å². The second kappa shape index (κ2) is 9.03. The number of likely N-dealkylation sites (tertiary alicyclic amines) is 1. The lowest BCUT2D eigenvalue weighted by molar-refractivity contribution is 0.0868. The first-order valence-electron chi connectivity index (χ1n) is 12.1. The molecule has 0 spiro atoms. The van der Waals surface area contributed by atoms with Crippen LogP contribution in [0.15, 0.2) is 36.5 Å². The summed E-state index contributed by atoms with van der Waals surface area (Å²) in [7, 11) is 0. The molecular formula is C26H33FN4O2. The van der Waals surface area contributed by atoms with E-state index in [4.69, 9.17) is 5.73 Å². The number of carbonyl (C=O) groups excluding carboxylic acids is 1. The number of rotatable bonds is 6. The molecule has 176 valence electrons. The van der Waals surface area contributed by atoms with Crippen molar-refractivity contribution in [2.75, 3.05) is 32.0 Å². The number of nitrogens with zero attached hydrogens (tertiary/aromatic N) is 2. The molecule has 2 atom stereocenters. The van der Waals surface area contributed by atoms with Crippen LogP contribution in [0.1, 0.15) is 54.4 Å². The van der Waals surface area contributed by atoms with Gasteiger partial charge in [-0.25, -0.2) is 9.37 Å². The number of pyridine rings is 1. The normalized spacial score (nSPS) is 29.3. The number of hydrogen-bond acceptors (Lipinski definition) is 5. The van der Waals surface area contributed by atoms with Gasteiger partial charge in [0.1, 0.15) is 12.5 Å². The number of alkyl halides is 1. The van der Waals surface area contributed by atoms with Crippen molar-refractivity contribution in [1.29, 1.82) is 0 Å². The van der Waals surface area contributed by atoms with Crippen LogP contribution in [0.4, 0.5) is 10.2 Å². The summed E-state index contributed by atoms with van der Waals surface area (Å²) in [5.41, 5.74) is 9.75. The molecule has 0 unspecified atom stereocenters. The molecule has 2 aromatic rings. The van der Waals surface area contributed by atoms with E-state index in [2.05, 4.69) is 39.5 Å². The van der Waals surface area contributed by atoms with Crippen LogP contribution in [0.3, 0.4) is 0 Å². The average Bonchev–Trinajstić information content (AvgIpc) is 3.06. The zero-order valence-corrected chi connectivity index (χ0v) is 19.0. The predicted molar refractivity (Wildman–Crippen MR) is 127 cm³/mol. The van der Waals surface area contributed by atoms with Crippen molar-refractivity contribution < 1.29 is 14.3 Å². The molecule has 1 aromatic carbocycles. The van der Waals surface area contributed by atoms with Gasteiger partial charge < -0.3 is 16.2 Å². The van der Waals surface area contributed by atoms with Crippen LogP contribution in [0.2, 0.25) is 0 Å². The monoisotopic (exact) mass is 452 g/mol. The SMILES string of the molecule is Nc1ncc(-c2ccc([C@@]34CC[C@@H]3CN(CCF)C4)cc2)cc1C(=O)NC1CCC(O)CC1. The summed E-state index contributed by atoms with van der Waals surface area (Å²) >= 11 is 0. The highest BCUT2D eigenvalue weighted by Crippen LogP contribution is 2.53. The van der Waals surface area contributed by atoms with Crippen molar-refractivity contribution in [3.63, 3.8) is 0 Å². The molecule has 4 N–H and O–H groups in total. The number of fused-ring (bicyclic) bond motifs is 1. The van der Waals surface area contributed by atoms with E-state index in [9.17, 15) is 14.3 Å². The van der Waals surface area contributed by atoms with Gasteiger partial charge in [0.15, 0.2) is 0 Å².